The first-order valence-electron chi connectivity index (χ1n) is 36.5. The number of carbonyl (C=O) groups is 1. The van der Waals surface area contributed by atoms with Crippen molar-refractivity contribution in [1.29, 1.82) is 0 Å². The summed E-state index contributed by atoms with van der Waals surface area (Å²) in [5, 5.41) is 13.9. The van der Waals surface area contributed by atoms with Crippen molar-refractivity contribution < 1.29 is 32.9 Å². The van der Waals surface area contributed by atoms with Gasteiger partial charge in [-0.3, -0.25) is 9.36 Å². The molecule has 1 amide bonds. The number of nitrogens with zero attached hydrogens (tertiary/aromatic N) is 1. The number of hydrogen-bond acceptors (Lipinski definition) is 6. The second kappa shape index (κ2) is 69.2. The van der Waals surface area contributed by atoms with Crippen LogP contribution in [0.3, 0.4) is 0 Å². The Labute approximate surface area is 555 Å². The van der Waals surface area contributed by atoms with Crippen LogP contribution >= 0.6 is 7.82 Å². The number of carbonyl (C=O) groups excluding carboxylic acids is 1. The minimum atomic E-state index is -4.64. The molecule has 3 unspecified atom stereocenters. The molecule has 0 aromatic carbocycles. The standard InChI is InChI=1S/C81H137N2O6P/c1-6-8-10-12-14-16-18-20-22-24-26-28-30-32-34-36-37-38-39-40-41-42-43-44-45-47-49-51-53-55-57-59-61-63-65-67-69-71-73-75-81(85)82-79(78-89-90(86,87)88-77-76-83(3,4)5)80(84)74-72-70-68-66-64-62-60-58-56-54-52-50-48-46-35-33-31-29-27-25-23-21-19-17-15-13-11-9-7-2/h8,10,14,16,20,22,26,28,32,34,37-38,40-41,43-44,47,49,53,55,59,61,64-67,72,74,79-80,84H,6-7,9,11-13,15,17-19,21,23-25,27,29-31,33,35-36,39,42,45-46,48,50-52,54,56-58,60,62-63,68-71,73,75-78H2,1-5H3,(H-,82,85,86,87)/b10-8-,16-14-,22-20-,28-26-,34-32-,38-37-,41-40-,44-43-,49-47-,55-53-,61-59-,66-64+,67-65-,74-72+. The molecule has 0 saturated heterocycles. The van der Waals surface area contributed by atoms with Crippen molar-refractivity contribution in [3.8, 4) is 0 Å². The molecule has 3 atom stereocenters. The van der Waals surface area contributed by atoms with Crippen molar-refractivity contribution in [2.45, 2.75) is 296 Å². The molecule has 2 N–H and O–H groups in total. The molecular weight excluding hydrogens is 1130 g/mol. The molecule has 0 spiro atoms. The molecule has 0 aliphatic heterocycles. The van der Waals surface area contributed by atoms with Gasteiger partial charge in [0, 0.05) is 6.42 Å². The summed E-state index contributed by atoms with van der Waals surface area (Å²) in [6, 6.07) is -0.942. The summed E-state index contributed by atoms with van der Waals surface area (Å²) in [5.74, 6) is -0.254. The number of rotatable bonds is 65. The van der Waals surface area contributed by atoms with Crippen LogP contribution in [-0.2, 0) is 18.4 Å². The molecule has 0 fully saturated rings. The smallest absolute Gasteiger partial charge is 0.268 e. The molecule has 8 nitrogen and oxygen atoms in total. The number of nitrogens with one attached hydrogen (secondary N) is 1. The SMILES string of the molecule is CC/C=C\C/C=C\C/C=C\C/C=C\C/C=C\C/C=C\C/C=C\C/C=C\C/C=C\C/C=C\C/C=C\C/C=C\CCCCC(=O)NC(COP(=O)([O-])OCC[N+](C)(C)C)C(O)/C=C/CC/C=C/CCCCCCCCCCCCCCCCCCCCCCCCC. The quantitative estimate of drug-likeness (QED) is 0.0272. The number of aliphatic hydroxyl groups is 1. The summed E-state index contributed by atoms with van der Waals surface area (Å²) in [7, 11) is 1.19. The molecule has 9 heteroatoms. The lowest BCUT2D eigenvalue weighted by molar-refractivity contribution is -0.870. The highest BCUT2D eigenvalue weighted by Crippen LogP contribution is 2.38. The van der Waals surface area contributed by atoms with Crippen molar-refractivity contribution in [3.63, 3.8) is 0 Å². The van der Waals surface area contributed by atoms with Crippen molar-refractivity contribution in [2.75, 3.05) is 40.9 Å². The Morgan fingerprint density at radius 1 is 0.400 bits per heavy atom. The number of unbranched alkanes of at least 4 members (excludes halogenated alkanes) is 26. The Bertz CT molecular complexity index is 2080. The highest BCUT2D eigenvalue weighted by molar-refractivity contribution is 7.45. The number of phosphoric ester groups is 1. The first-order chi connectivity index (χ1) is 44.0. The summed E-state index contributed by atoms with van der Waals surface area (Å²) in [4.78, 5) is 25.6. The molecule has 0 saturated carbocycles. The zero-order valence-electron chi connectivity index (χ0n) is 58.5. The van der Waals surface area contributed by atoms with Gasteiger partial charge in [0.15, 0.2) is 0 Å². The van der Waals surface area contributed by atoms with Gasteiger partial charge in [0.1, 0.15) is 13.2 Å². The van der Waals surface area contributed by atoms with Crippen LogP contribution in [0.4, 0.5) is 0 Å². The fourth-order valence-electron chi connectivity index (χ4n) is 9.80. The normalized spacial score (nSPS) is 14.6. The summed E-state index contributed by atoms with van der Waals surface area (Å²) >= 11 is 0. The number of amides is 1. The van der Waals surface area contributed by atoms with Crippen LogP contribution in [-0.4, -0.2) is 68.5 Å². The second-order valence-electron chi connectivity index (χ2n) is 25.2. The number of allylic oxidation sites excluding steroid dienone is 27. The van der Waals surface area contributed by atoms with Crippen molar-refractivity contribution in [3.05, 3.63) is 170 Å². The van der Waals surface area contributed by atoms with E-state index in [1.165, 1.54) is 148 Å². The van der Waals surface area contributed by atoms with Gasteiger partial charge in [-0.05, 0) is 122 Å². The number of likely N-dealkylation sites (N-methyl/N-ethyl adjacent to an activating group) is 1. The van der Waals surface area contributed by atoms with Gasteiger partial charge in [0.25, 0.3) is 7.82 Å². The lowest BCUT2D eigenvalue weighted by Gasteiger charge is -2.29. The van der Waals surface area contributed by atoms with Crippen LogP contribution in [0.1, 0.15) is 284 Å². The monoisotopic (exact) mass is 1270 g/mol. The van der Waals surface area contributed by atoms with Crippen LogP contribution in [0.2, 0.25) is 0 Å². The van der Waals surface area contributed by atoms with Crippen LogP contribution in [0.25, 0.3) is 0 Å². The molecule has 0 rings (SSSR count). The predicted molar refractivity (Wildman–Crippen MR) is 394 cm³/mol. The van der Waals surface area contributed by atoms with Gasteiger partial charge >= 0.3 is 0 Å². The molecule has 0 aliphatic carbocycles. The van der Waals surface area contributed by atoms with Crippen LogP contribution in [0.5, 0.6) is 0 Å². The number of phosphoric acid groups is 1. The molecular formula is C81H137N2O6P. The molecule has 0 radical (unpaired) electrons. The number of quaternary nitrogens is 1. The third-order valence-corrected chi connectivity index (χ3v) is 16.4. The highest BCUT2D eigenvalue weighted by atomic mass is 31.2. The van der Waals surface area contributed by atoms with Crippen molar-refractivity contribution in [2.24, 2.45) is 0 Å². The van der Waals surface area contributed by atoms with Gasteiger partial charge in [-0.25, -0.2) is 0 Å². The van der Waals surface area contributed by atoms with E-state index in [-0.39, 0.29) is 18.9 Å². The van der Waals surface area contributed by atoms with Gasteiger partial charge in [-0.1, -0.05) is 325 Å². The molecule has 90 heavy (non-hydrogen) atoms. The molecule has 512 valence electrons. The highest BCUT2D eigenvalue weighted by Gasteiger charge is 2.23. The largest absolute Gasteiger partial charge is 0.756 e. The third kappa shape index (κ3) is 71.3. The molecule has 0 aliphatic rings. The van der Waals surface area contributed by atoms with Gasteiger partial charge in [-0.2, -0.15) is 0 Å². The Hall–Kier alpha value is -4.14. The van der Waals surface area contributed by atoms with E-state index in [9.17, 15) is 19.4 Å². The van der Waals surface area contributed by atoms with Crippen LogP contribution in [0, 0.1) is 0 Å². The summed E-state index contributed by atoms with van der Waals surface area (Å²) in [6.07, 6.45) is 109. The summed E-state index contributed by atoms with van der Waals surface area (Å²) < 4.78 is 23.4. The number of hydrogen-bond donors (Lipinski definition) is 2. The van der Waals surface area contributed by atoms with Crippen molar-refractivity contribution >= 4 is 13.7 Å². The molecule has 0 bridgehead atoms. The van der Waals surface area contributed by atoms with Crippen LogP contribution < -0.4 is 10.2 Å². The van der Waals surface area contributed by atoms with E-state index in [0.717, 1.165) is 109 Å². The van der Waals surface area contributed by atoms with Crippen LogP contribution in [0.15, 0.2) is 170 Å². The number of aliphatic hydroxyl groups excluding tert-OH is 1. The molecule has 0 heterocycles. The van der Waals surface area contributed by atoms with E-state index in [1.54, 1.807) is 6.08 Å². The Balaban J connectivity index is 4.25. The minimum Gasteiger partial charge on any atom is -0.756 e. The summed E-state index contributed by atoms with van der Waals surface area (Å²) in [6.45, 7) is 4.49. The van der Waals surface area contributed by atoms with E-state index in [4.69, 9.17) is 9.05 Å². The minimum absolute atomic E-state index is 0.0240. The predicted octanol–water partition coefficient (Wildman–Crippen LogP) is 23.3. The lowest BCUT2D eigenvalue weighted by Crippen LogP contribution is -2.45. The first-order valence-corrected chi connectivity index (χ1v) is 38.0. The zero-order valence-corrected chi connectivity index (χ0v) is 59.4. The fourth-order valence-corrected chi connectivity index (χ4v) is 10.5. The van der Waals surface area contributed by atoms with E-state index in [0.29, 0.717) is 17.4 Å². The maximum absolute atomic E-state index is 13.0. The fraction of sp³-hybridized carbons (Fsp3) is 0.642. The van der Waals surface area contributed by atoms with Crippen molar-refractivity contribution in [1.82, 2.24) is 5.32 Å². The van der Waals surface area contributed by atoms with E-state index in [1.807, 2.05) is 27.2 Å². The maximum Gasteiger partial charge on any atom is 0.268 e. The Morgan fingerprint density at radius 3 is 1.03 bits per heavy atom. The topological polar surface area (TPSA) is 108 Å². The Kier molecular flexibility index (Phi) is 66.0. The van der Waals surface area contributed by atoms with Gasteiger partial charge < -0.3 is 28.8 Å². The maximum atomic E-state index is 13.0. The second-order valence-corrected chi connectivity index (χ2v) is 26.6. The van der Waals surface area contributed by atoms with Gasteiger partial charge in [0.05, 0.1) is 39.9 Å². The third-order valence-electron chi connectivity index (χ3n) is 15.4. The average Bonchev–Trinajstić information content (AvgIpc) is 3.72. The molecule has 0 aromatic rings. The summed E-state index contributed by atoms with van der Waals surface area (Å²) in [5.41, 5.74) is 0. The first kappa shape index (κ1) is 85.9. The Morgan fingerprint density at radius 2 is 0.689 bits per heavy atom. The van der Waals surface area contributed by atoms with E-state index in [2.05, 4.69) is 177 Å². The van der Waals surface area contributed by atoms with Gasteiger partial charge in [0.2, 0.25) is 5.91 Å². The van der Waals surface area contributed by atoms with E-state index < -0.39 is 26.6 Å². The zero-order chi connectivity index (χ0) is 65.5. The van der Waals surface area contributed by atoms with E-state index >= 15 is 0 Å². The average molecular weight is 1270 g/mol. The molecule has 0 aromatic heterocycles. The van der Waals surface area contributed by atoms with Gasteiger partial charge in [-0.15, -0.1) is 0 Å². The lowest BCUT2D eigenvalue weighted by atomic mass is 10.0.